The van der Waals surface area contributed by atoms with E-state index < -0.39 is 40.8 Å². The van der Waals surface area contributed by atoms with Crippen LogP contribution >= 0.6 is 0 Å². The quantitative estimate of drug-likeness (QED) is 0.305. The molecule has 0 aromatic carbocycles. The van der Waals surface area contributed by atoms with Crippen molar-refractivity contribution in [1.29, 1.82) is 0 Å². The minimum Gasteiger partial charge on any atom is -0.396 e. The molecule has 2 saturated carbocycles. The second kappa shape index (κ2) is 9.02. The summed E-state index contributed by atoms with van der Waals surface area (Å²) in [7, 11) is 0. The molecule has 0 bridgehead atoms. The van der Waals surface area contributed by atoms with Crippen LogP contribution in [0.2, 0.25) is 0 Å². The van der Waals surface area contributed by atoms with Gasteiger partial charge >= 0.3 is 0 Å². The fraction of sp³-hybridized carbons (Fsp3) is 0.933. The highest BCUT2D eigenvalue weighted by Gasteiger charge is 2.67. The number of fused-ring (bicyclic) bond motifs is 4. The lowest BCUT2D eigenvalue weighted by Gasteiger charge is -2.63. The first-order valence-corrected chi connectivity index (χ1v) is 14.2. The molecule has 0 unspecified atom stereocenters. The van der Waals surface area contributed by atoms with Gasteiger partial charge in [-0.2, -0.15) is 0 Å². The molecule has 6 N–H and O–H groups in total. The SMILES string of the molecule is CC(C)(O)[C@@H](O)CC[C@@H](CO)[C@H]1CC[C@]2(C)C3=C(C[C@H](O)[C@@]12C)[C@@]1(C)C[C@H](O)[C@H](O)C(C)(C)[C@@H]1CC3. The number of allylic oxidation sites excluding steroid dienone is 1. The Kier molecular flexibility index (Phi) is 7.15. The average Bonchev–Trinajstić information content (AvgIpc) is 3.06. The molecule has 0 aromatic rings. The fourth-order valence-corrected chi connectivity index (χ4v) is 9.77. The van der Waals surface area contributed by atoms with E-state index in [0.29, 0.717) is 25.7 Å². The van der Waals surface area contributed by atoms with Gasteiger partial charge in [-0.3, -0.25) is 0 Å². The van der Waals surface area contributed by atoms with Crippen molar-refractivity contribution in [3.05, 3.63) is 11.1 Å². The molecule has 4 aliphatic rings. The third-order valence-corrected chi connectivity index (χ3v) is 12.3. The first kappa shape index (κ1) is 28.5. The van der Waals surface area contributed by atoms with E-state index in [9.17, 15) is 30.6 Å². The van der Waals surface area contributed by atoms with Crippen LogP contribution in [0.15, 0.2) is 11.1 Å². The van der Waals surface area contributed by atoms with Gasteiger partial charge in [0.15, 0.2) is 0 Å². The normalized spacial score (nSPS) is 46.1. The summed E-state index contributed by atoms with van der Waals surface area (Å²) in [5, 5.41) is 64.7. The first-order chi connectivity index (χ1) is 16.5. The Hall–Kier alpha value is -0.500. The second-order valence-corrected chi connectivity index (χ2v) is 14.7. The lowest BCUT2D eigenvalue weighted by Crippen LogP contribution is -2.61. The molecule has 4 aliphatic carbocycles. The maximum Gasteiger partial charge on any atom is 0.0853 e. The van der Waals surface area contributed by atoms with E-state index in [2.05, 4.69) is 34.6 Å². The van der Waals surface area contributed by atoms with Crippen molar-refractivity contribution >= 4 is 0 Å². The van der Waals surface area contributed by atoms with Crippen LogP contribution in [0.1, 0.15) is 99.8 Å². The predicted molar refractivity (Wildman–Crippen MR) is 140 cm³/mol. The monoisotopic (exact) mass is 508 g/mol. The molecule has 36 heavy (non-hydrogen) atoms. The second-order valence-electron chi connectivity index (χ2n) is 14.7. The van der Waals surface area contributed by atoms with Crippen LogP contribution in [0.3, 0.4) is 0 Å². The number of rotatable bonds is 6. The Morgan fingerprint density at radius 1 is 0.972 bits per heavy atom. The summed E-state index contributed by atoms with van der Waals surface area (Å²) < 4.78 is 0. The Morgan fingerprint density at radius 3 is 2.19 bits per heavy atom. The summed E-state index contributed by atoms with van der Waals surface area (Å²) in [5.74, 6) is 0.308. The van der Waals surface area contributed by atoms with Crippen LogP contribution in [0.25, 0.3) is 0 Å². The van der Waals surface area contributed by atoms with Crippen LogP contribution in [0.4, 0.5) is 0 Å². The zero-order valence-corrected chi connectivity index (χ0v) is 23.6. The van der Waals surface area contributed by atoms with Gasteiger partial charge in [-0.05, 0) is 99.2 Å². The van der Waals surface area contributed by atoms with E-state index in [1.807, 2.05) is 0 Å². The standard InChI is InChI=1S/C30H52O6/c1-26(2)22-10-9-19-20(28(22,5)15-21(32)25(26)35)14-24(34)30(7)18(12-13-29(19,30)6)17(16-31)8-11-23(33)27(3,4)36/h17-18,21-25,31-36H,8-16H2,1-7H3/t17-,18+,21-,22-,23-,24-,25-,28+,29+,30+/m0/s1. The number of aliphatic hydroxyl groups is 6. The summed E-state index contributed by atoms with van der Waals surface area (Å²) >= 11 is 0. The molecular weight excluding hydrogens is 456 g/mol. The molecule has 0 heterocycles. The molecule has 0 amide bonds. The van der Waals surface area contributed by atoms with Crippen molar-refractivity contribution in [1.82, 2.24) is 0 Å². The van der Waals surface area contributed by atoms with E-state index in [1.54, 1.807) is 13.8 Å². The molecule has 0 saturated heterocycles. The molecule has 0 aromatic heterocycles. The third-order valence-electron chi connectivity index (χ3n) is 12.3. The summed E-state index contributed by atoms with van der Waals surface area (Å²) in [6.07, 6.45) is 2.97. The van der Waals surface area contributed by atoms with Crippen molar-refractivity contribution in [2.45, 2.75) is 130 Å². The summed E-state index contributed by atoms with van der Waals surface area (Å²) in [5.41, 5.74) is 0.313. The molecule has 0 aliphatic heterocycles. The van der Waals surface area contributed by atoms with E-state index in [-0.39, 0.29) is 35.2 Å². The molecule has 208 valence electrons. The van der Waals surface area contributed by atoms with Crippen LogP contribution < -0.4 is 0 Å². The van der Waals surface area contributed by atoms with E-state index in [4.69, 9.17) is 0 Å². The molecule has 10 atom stereocenters. The van der Waals surface area contributed by atoms with Gasteiger partial charge in [0.1, 0.15) is 0 Å². The van der Waals surface area contributed by atoms with Gasteiger partial charge in [0, 0.05) is 12.0 Å². The smallest absolute Gasteiger partial charge is 0.0853 e. The maximum atomic E-state index is 11.9. The Bertz CT molecular complexity index is 875. The summed E-state index contributed by atoms with van der Waals surface area (Å²) in [4.78, 5) is 0. The Morgan fingerprint density at radius 2 is 1.61 bits per heavy atom. The van der Waals surface area contributed by atoms with Gasteiger partial charge in [-0.25, -0.2) is 0 Å². The van der Waals surface area contributed by atoms with Crippen LogP contribution in [-0.2, 0) is 0 Å². The predicted octanol–water partition coefficient (Wildman–Crippen LogP) is 3.56. The van der Waals surface area contributed by atoms with Crippen molar-refractivity contribution in [2.24, 2.45) is 39.4 Å². The molecule has 0 radical (unpaired) electrons. The first-order valence-electron chi connectivity index (χ1n) is 14.2. The molecule has 4 rings (SSSR count). The van der Waals surface area contributed by atoms with Gasteiger partial charge in [0.05, 0.1) is 30.0 Å². The van der Waals surface area contributed by atoms with Crippen LogP contribution in [0.5, 0.6) is 0 Å². The average molecular weight is 509 g/mol. The Balaban J connectivity index is 1.69. The topological polar surface area (TPSA) is 121 Å². The van der Waals surface area contributed by atoms with Crippen LogP contribution in [-0.4, -0.2) is 67.3 Å². The van der Waals surface area contributed by atoms with Crippen molar-refractivity contribution < 1.29 is 30.6 Å². The maximum absolute atomic E-state index is 11.9. The van der Waals surface area contributed by atoms with E-state index >= 15 is 0 Å². The molecular formula is C30H52O6. The van der Waals surface area contributed by atoms with Crippen molar-refractivity contribution in [3.63, 3.8) is 0 Å². The Labute approximate surface area is 217 Å². The summed E-state index contributed by atoms with van der Waals surface area (Å²) in [6, 6.07) is 0. The molecule has 6 nitrogen and oxygen atoms in total. The lowest BCUT2D eigenvalue weighted by atomic mass is 9.42. The summed E-state index contributed by atoms with van der Waals surface area (Å²) in [6.45, 7) is 14.2. The van der Waals surface area contributed by atoms with Crippen molar-refractivity contribution in [3.8, 4) is 0 Å². The highest BCUT2D eigenvalue weighted by molar-refractivity contribution is 5.40. The van der Waals surface area contributed by atoms with Crippen LogP contribution in [0, 0.1) is 39.4 Å². The highest BCUT2D eigenvalue weighted by atomic mass is 16.3. The van der Waals surface area contributed by atoms with E-state index in [1.165, 1.54) is 11.1 Å². The van der Waals surface area contributed by atoms with Gasteiger partial charge < -0.3 is 30.6 Å². The lowest BCUT2D eigenvalue weighted by molar-refractivity contribution is -0.163. The minimum atomic E-state index is -1.18. The largest absolute Gasteiger partial charge is 0.396 e. The van der Waals surface area contributed by atoms with E-state index in [0.717, 1.165) is 25.7 Å². The zero-order chi connectivity index (χ0) is 27.1. The minimum absolute atomic E-state index is 0.00555. The fourth-order valence-electron chi connectivity index (χ4n) is 9.77. The van der Waals surface area contributed by atoms with Gasteiger partial charge in [-0.15, -0.1) is 0 Å². The third kappa shape index (κ3) is 3.88. The van der Waals surface area contributed by atoms with Crippen molar-refractivity contribution in [2.75, 3.05) is 6.61 Å². The van der Waals surface area contributed by atoms with Gasteiger partial charge in [-0.1, -0.05) is 45.8 Å². The molecule has 6 heteroatoms. The van der Waals surface area contributed by atoms with Gasteiger partial charge in [0.25, 0.3) is 0 Å². The number of hydrogen-bond donors (Lipinski definition) is 6. The molecule has 0 spiro atoms. The number of aliphatic hydroxyl groups excluding tert-OH is 5. The van der Waals surface area contributed by atoms with Gasteiger partial charge in [0.2, 0.25) is 0 Å². The number of hydrogen-bond acceptors (Lipinski definition) is 6. The zero-order valence-electron chi connectivity index (χ0n) is 23.6. The highest BCUT2D eigenvalue weighted by Crippen LogP contribution is 2.72. The molecule has 2 fully saturated rings.